The average molecular weight is 422 g/mol. The summed E-state index contributed by atoms with van der Waals surface area (Å²) < 4.78 is 13.1. The van der Waals surface area contributed by atoms with Gasteiger partial charge in [-0.3, -0.25) is 4.79 Å². The minimum Gasteiger partial charge on any atom is -0.360 e. The summed E-state index contributed by atoms with van der Waals surface area (Å²) in [5.41, 5.74) is 2.96. The molecule has 2 aromatic carbocycles. The number of halogens is 1. The second kappa shape index (κ2) is 8.01. The Labute approximate surface area is 177 Å². The Morgan fingerprint density at radius 1 is 1.07 bits per heavy atom. The van der Waals surface area contributed by atoms with Crippen LogP contribution >= 0.6 is 11.3 Å². The van der Waals surface area contributed by atoms with Gasteiger partial charge < -0.3 is 14.8 Å². The third kappa shape index (κ3) is 3.74. The molecule has 0 amide bonds. The van der Waals surface area contributed by atoms with Gasteiger partial charge in [0.25, 0.3) is 5.56 Å². The highest BCUT2D eigenvalue weighted by atomic mass is 32.1. The Morgan fingerprint density at radius 2 is 1.80 bits per heavy atom. The summed E-state index contributed by atoms with van der Waals surface area (Å²) >= 11 is 1.52. The highest BCUT2D eigenvalue weighted by Crippen LogP contribution is 2.30. The highest BCUT2D eigenvalue weighted by molar-refractivity contribution is 7.17. The van der Waals surface area contributed by atoms with Gasteiger partial charge in [0.2, 0.25) is 0 Å². The Bertz CT molecular complexity index is 1210. The summed E-state index contributed by atoms with van der Waals surface area (Å²) in [7, 11) is 0. The Kier molecular flexibility index (Phi) is 5.06. The van der Waals surface area contributed by atoms with E-state index in [4.69, 9.17) is 4.98 Å². The quantitative estimate of drug-likeness (QED) is 0.533. The zero-order valence-electron chi connectivity index (χ0n) is 16.4. The first-order valence-electron chi connectivity index (χ1n) is 10.1. The van der Waals surface area contributed by atoms with Crippen molar-refractivity contribution in [1.29, 1.82) is 0 Å². The number of aromatic nitrogens is 2. The molecule has 2 aromatic heterocycles. The lowest BCUT2D eigenvalue weighted by atomic mass is 10.1. The standard InChI is InChI=1S/C23H21FN4OS/c24-17-6-8-18(9-7-17)28-12-10-27(11-13-28)14-20-25-22(29)21-19(15-30-23(21)26-20)16-4-2-1-3-5-16/h1-9,15H,10-14H2,(H,25,26,29)/p+1. The van der Waals surface area contributed by atoms with Crippen molar-refractivity contribution in [2.45, 2.75) is 6.54 Å². The van der Waals surface area contributed by atoms with Crippen molar-refractivity contribution >= 4 is 27.2 Å². The number of H-pyrrole nitrogens is 1. The van der Waals surface area contributed by atoms with Crippen molar-refractivity contribution in [2.24, 2.45) is 0 Å². The van der Waals surface area contributed by atoms with Crippen LogP contribution in [0.2, 0.25) is 0 Å². The maximum absolute atomic E-state index is 13.1. The number of hydrogen-bond donors (Lipinski definition) is 2. The molecule has 5 nitrogen and oxygen atoms in total. The van der Waals surface area contributed by atoms with Gasteiger partial charge in [-0.05, 0) is 29.8 Å². The predicted octanol–water partition coefficient (Wildman–Crippen LogP) is 2.70. The van der Waals surface area contributed by atoms with Gasteiger partial charge in [-0.25, -0.2) is 9.37 Å². The van der Waals surface area contributed by atoms with Crippen LogP contribution in [0.15, 0.2) is 64.8 Å². The first kappa shape index (κ1) is 19.0. The fourth-order valence-corrected chi connectivity index (χ4v) is 5.02. The van der Waals surface area contributed by atoms with Crippen molar-refractivity contribution in [3.05, 3.63) is 82.0 Å². The molecule has 0 aliphatic carbocycles. The number of hydrogen-bond acceptors (Lipinski definition) is 4. The molecular formula is C23H22FN4OS+. The third-order valence-corrected chi connectivity index (χ3v) is 6.53. The first-order valence-corrected chi connectivity index (χ1v) is 11.0. The molecule has 152 valence electrons. The molecule has 0 atom stereocenters. The number of thiophene rings is 1. The van der Waals surface area contributed by atoms with E-state index in [-0.39, 0.29) is 11.4 Å². The van der Waals surface area contributed by atoms with E-state index in [9.17, 15) is 9.18 Å². The van der Waals surface area contributed by atoms with Crippen LogP contribution in [0, 0.1) is 5.82 Å². The summed E-state index contributed by atoms with van der Waals surface area (Å²) in [5.74, 6) is 0.525. The van der Waals surface area contributed by atoms with Gasteiger partial charge >= 0.3 is 0 Å². The van der Waals surface area contributed by atoms with E-state index in [1.807, 2.05) is 47.8 Å². The van der Waals surface area contributed by atoms with Gasteiger partial charge in [0.05, 0.1) is 31.6 Å². The molecule has 2 N–H and O–H groups in total. The molecule has 5 rings (SSSR count). The SMILES string of the molecule is O=c1[nH]c(C[NH+]2CCN(c3ccc(F)cc3)CC2)nc2scc(-c3ccccc3)c12. The number of benzene rings is 2. The van der Waals surface area contributed by atoms with Crippen molar-refractivity contribution < 1.29 is 9.29 Å². The number of piperazine rings is 1. The lowest BCUT2D eigenvalue weighted by Gasteiger charge is -2.33. The van der Waals surface area contributed by atoms with Crippen molar-refractivity contribution in [3.63, 3.8) is 0 Å². The maximum atomic E-state index is 13.1. The van der Waals surface area contributed by atoms with Gasteiger partial charge in [-0.15, -0.1) is 11.3 Å². The molecule has 0 saturated carbocycles. The number of nitrogens with one attached hydrogen (secondary N) is 2. The minimum atomic E-state index is -0.211. The van der Waals surface area contributed by atoms with Crippen LogP contribution in [0.5, 0.6) is 0 Å². The van der Waals surface area contributed by atoms with Gasteiger partial charge in [-0.2, -0.15) is 0 Å². The number of aromatic amines is 1. The van der Waals surface area contributed by atoms with E-state index in [1.54, 1.807) is 0 Å². The largest absolute Gasteiger partial charge is 0.360 e. The second-order valence-electron chi connectivity index (χ2n) is 7.60. The molecule has 0 bridgehead atoms. The summed E-state index contributed by atoms with van der Waals surface area (Å²) in [4.78, 5) is 25.0. The molecule has 1 aliphatic heterocycles. The van der Waals surface area contributed by atoms with Crippen LogP contribution in [0.1, 0.15) is 5.82 Å². The molecule has 7 heteroatoms. The van der Waals surface area contributed by atoms with Crippen molar-refractivity contribution in [2.75, 3.05) is 31.1 Å². The van der Waals surface area contributed by atoms with E-state index < -0.39 is 0 Å². The van der Waals surface area contributed by atoms with Crippen LogP contribution in [0.3, 0.4) is 0 Å². The molecule has 4 aromatic rings. The molecule has 3 heterocycles. The van der Waals surface area contributed by atoms with Crippen LogP contribution in [-0.2, 0) is 6.54 Å². The van der Waals surface area contributed by atoms with Gasteiger partial charge in [0.1, 0.15) is 17.2 Å². The van der Waals surface area contributed by atoms with Crippen LogP contribution in [0.4, 0.5) is 10.1 Å². The fourth-order valence-electron chi connectivity index (χ4n) is 4.05. The Balaban J connectivity index is 1.31. The summed E-state index contributed by atoms with van der Waals surface area (Å²) in [5, 5.41) is 2.69. The number of anilines is 1. The molecule has 0 unspecified atom stereocenters. The summed E-state index contributed by atoms with van der Waals surface area (Å²) in [6.45, 7) is 4.37. The normalized spacial score (nSPS) is 15.0. The number of rotatable bonds is 4. The molecule has 0 radical (unpaired) electrons. The topological polar surface area (TPSA) is 53.4 Å². The molecule has 30 heavy (non-hydrogen) atoms. The molecule has 1 aliphatic rings. The van der Waals surface area contributed by atoms with Crippen molar-refractivity contribution in [1.82, 2.24) is 9.97 Å². The Hall–Kier alpha value is -3.03. The predicted molar refractivity (Wildman–Crippen MR) is 119 cm³/mol. The van der Waals surface area contributed by atoms with Crippen molar-refractivity contribution in [3.8, 4) is 11.1 Å². The summed E-state index contributed by atoms with van der Waals surface area (Å²) in [6.07, 6.45) is 0. The fraction of sp³-hybridized carbons (Fsp3) is 0.217. The van der Waals surface area contributed by atoms with Crippen LogP contribution < -0.4 is 15.4 Å². The number of fused-ring (bicyclic) bond motifs is 1. The summed E-state index contributed by atoms with van der Waals surface area (Å²) in [6, 6.07) is 16.6. The Morgan fingerprint density at radius 3 is 2.53 bits per heavy atom. The first-order chi connectivity index (χ1) is 14.7. The average Bonchev–Trinajstić information content (AvgIpc) is 3.20. The van der Waals surface area contributed by atoms with Crippen LogP contribution in [0.25, 0.3) is 21.3 Å². The van der Waals surface area contributed by atoms with Gasteiger partial charge in [-0.1, -0.05) is 30.3 Å². The van der Waals surface area contributed by atoms with E-state index in [2.05, 4.69) is 9.88 Å². The van der Waals surface area contributed by atoms with E-state index >= 15 is 0 Å². The number of nitrogens with zero attached hydrogens (tertiary/aromatic N) is 2. The van der Waals surface area contributed by atoms with E-state index in [1.165, 1.54) is 28.4 Å². The highest BCUT2D eigenvalue weighted by Gasteiger charge is 2.22. The monoisotopic (exact) mass is 421 g/mol. The molecule has 1 fully saturated rings. The molecular weight excluding hydrogens is 399 g/mol. The molecule has 1 saturated heterocycles. The number of quaternary nitrogens is 1. The smallest absolute Gasteiger partial charge is 0.260 e. The minimum absolute atomic E-state index is 0.0700. The van der Waals surface area contributed by atoms with E-state index in [0.29, 0.717) is 11.9 Å². The maximum Gasteiger partial charge on any atom is 0.260 e. The molecule has 0 spiro atoms. The second-order valence-corrected chi connectivity index (χ2v) is 8.46. The van der Waals surface area contributed by atoms with Crippen LogP contribution in [-0.4, -0.2) is 36.1 Å². The zero-order chi connectivity index (χ0) is 20.5. The lowest BCUT2D eigenvalue weighted by Crippen LogP contribution is -3.13. The van der Waals surface area contributed by atoms with Gasteiger partial charge in [0.15, 0.2) is 5.82 Å². The third-order valence-electron chi connectivity index (χ3n) is 5.66. The van der Waals surface area contributed by atoms with E-state index in [0.717, 1.165) is 53.6 Å². The zero-order valence-corrected chi connectivity index (χ0v) is 17.2. The van der Waals surface area contributed by atoms with Gasteiger partial charge in [0, 0.05) is 16.6 Å². The lowest BCUT2D eigenvalue weighted by molar-refractivity contribution is -0.915.